The highest BCUT2D eigenvalue weighted by molar-refractivity contribution is 5.82. The lowest BCUT2D eigenvalue weighted by molar-refractivity contribution is -0.123. The number of aliphatic hydroxyl groups excluding tert-OH is 1. The lowest BCUT2D eigenvalue weighted by Crippen LogP contribution is -2.41. The van der Waals surface area contributed by atoms with E-state index in [9.17, 15) is 9.90 Å². The van der Waals surface area contributed by atoms with Crippen LogP contribution in [0.15, 0.2) is 24.4 Å². The van der Waals surface area contributed by atoms with Crippen molar-refractivity contribution in [1.82, 2.24) is 15.6 Å². The fourth-order valence-electron chi connectivity index (χ4n) is 1.94. The number of nitrogens with zero attached hydrogens (tertiary/aromatic N) is 1. The molecular formula is C12H17N3O2. The Morgan fingerprint density at radius 2 is 2.47 bits per heavy atom. The largest absolute Gasteiger partial charge is 0.392 e. The highest BCUT2D eigenvalue weighted by Crippen LogP contribution is 2.11. The molecule has 3 N–H and O–H groups in total. The summed E-state index contributed by atoms with van der Waals surface area (Å²) < 4.78 is 0. The third kappa shape index (κ3) is 3.01. The molecule has 1 aromatic rings. The van der Waals surface area contributed by atoms with Crippen LogP contribution in [0.25, 0.3) is 0 Å². The van der Waals surface area contributed by atoms with Crippen LogP contribution >= 0.6 is 0 Å². The number of hydrogen-bond acceptors (Lipinski definition) is 4. The molecule has 0 aromatic carbocycles. The SMILES string of the molecule is C[C@@H](NC(=O)C1CC(O)CN1)c1ccccn1. The van der Waals surface area contributed by atoms with Crippen molar-refractivity contribution in [3.05, 3.63) is 30.1 Å². The van der Waals surface area contributed by atoms with Gasteiger partial charge >= 0.3 is 0 Å². The van der Waals surface area contributed by atoms with Gasteiger partial charge in [-0.15, -0.1) is 0 Å². The Morgan fingerprint density at radius 3 is 3.06 bits per heavy atom. The number of pyridine rings is 1. The number of β-amino-alcohol motifs (C(OH)–C–C–N with tert-alkyl or cyclic N) is 1. The third-order valence-corrected chi connectivity index (χ3v) is 2.91. The fraction of sp³-hybridized carbons (Fsp3) is 0.500. The Kier molecular flexibility index (Phi) is 3.71. The first-order chi connectivity index (χ1) is 8.16. The van der Waals surface area contributed by atoms with Gasteiger partial charge in [-0.1, -0.05) is 6.07 Å². The monoisotopic (exact) mass is 235 g/mol. The minimum Gasteiger partial charge on any atom is -0.392 e. The number of aliphatic hydroxyl groups is 1. The maximum atomic E-state index is 11.9. The minimum absolute atomic E-state index is 0.0836. The van der Waals surface area contributed by atoms with E-state index in [1.165, 1.54) is 0 Å². The first kappa shape index (κ1) is 12.0. The molecule has 3 atom stereocenters. The number of aromatic nitrogens is 1. The lowest BCUT2D eigenvalue weighted by Gasteiger charge is -2.16. The molecule has 92 valence electrons. The predicted octanol–water partition coefficient (Wildman–Crippen LogP) is -0.0184. The summed E-state index contributed by atoms with van der Waals surface area (Å²) in [6, 6.07) is 5.19. The second kappa shape index (κ2) is 5.25. The maximum Gasteiger partial charge on any atom is 0.237 e. The molecule has 5 heteroatoms. The van der Waals surface area contributed by atoms with Crippen molar-refractivity contribution in [2.75, 3.05) is 6.54 Å². The van der Waals surface area contributed by atoms with Crippen molar-refractivity contribution >= 4 is 5.91 Å². The van der Waals surface area contributed by atoms with Gasteiger partial charge in [-0.3, -0.25) is 9.78 Å². The quantitative estimate of drug-likeness (QED) is 0.688. The zero-order chi connectivity index (χ0) is 12.3. The summed E-state index contributed by atoms with van der Waals surface area (Å²) in [7, 11) is 0. The van der Waals surface area contributed by atoms with Crippen molar-refractivity contribution in [2.24, 2.45) is 0 Å². The van der Waals surface area contributed by atoms with E-state index in [1.807, 2.05) is 25.1 Å². The van der Waals surface area contributed by atoms with Crippen LogP contribution in [0.4, 0.5) is 0 Å². The Bertz CT molecular complexity index is 383. The standard InChI is InChI=1S/C12H17N3O2/c1-8(10-4-2-3-5-13-10)15-12(17)11-6-9(16)7-14-11/h2-5,8-9,11,14,16H,6-7H2,1H3,(H,15,17)/t8-,9?,11?/m1/s1. The van der Waals surface area contributed by atoms with Crippen LogP contribution in [-0.2, 0) is 4.79 Å². The predicted molar refractivity (Wildman–Crippen MR) is 63.2 cm³/mol. The Hall–Kier alpha value is -1.46. The molecule has 1 aliphatic rings. The van der Waals surface area contributed by atoms with Gasteiger partial charge < -0.3 is 15.7 Å². The van der Waals surface area contributed by atoms with Crippen molar-refractivity contribution in [3.8, 4) is 0 Å². The first-order valence-electron chi connectivity index (χ1n) is 5.79. The van der Waals surface area contributed by atoms with Crippen molar-refractivity contribution in [3.63, 3.8) is 0 Å². The van der Waals surface area contributed by atoms with E-state index < -0.39 is 6.10 Å². The molecule has 2 heterocycles. The van der Waals surface area contributed by atoms with Crippen LogP contribution in [0.2, 0.25) is 0 Å². The van der Waals surface area contributed by atoms with E-state index in [1.54, 1.807) is 6.20 Å². The van der Waals surface area contributed by atoms with Gasteiger partial charge in [0.05, 0.1) is 23.9 Å². The second-order valence-corrected chi connectivity index (χ2v) is 4.34. The number of carbonyl (C=O) groups excluding carboxylic acids is 1. The molecule has 5 nitrogen and oxygen atoms in total. The van der Waals surface area contributed by atoms with Crippen LogP contribution < -0.4 is 10.6 Å². The highest BCUT2D eigenvalue weighted by atomic mass is 16.3. The van der Waals surface area contributed by atoms with E-state index in [0.717, 1.165) is 5.69 Å². The summed E-state index contributed by atoms with van der Waals surface area (Å²) in [5, 5.41) is 15.2. The van der Waals surface area contributed by atoms with Gasteiger partial charge in [0.1, 0.15) is 0 Å². The molecule has 1 saturated heterocycles. The molecule has 1 fully saturated rings. The van der Waals surface area contributed by atoms with Crippen molar-refractivity contribution in [2.45, 2.75) is 31.5 Å². The van der Waals surface area contributed by atoms with Gasteiger partial charge in [-0.05, 0) is 25.5 Å². The smallest absolute Gasteiger partial charge is 0.237 e. The van der Waals surface area contributed by atoms with E-state index in [4.69, 9.17) is 0 Å². The van der Waals surface area contributed by atoms with Crippen LogP contribution in [0.1, 0.15) is 25.1 Å². The number of nitrogens with one attached hydrogen (secondary N) is 2. The molecule has 0 bridgehead atoms. The fourth-order valence-corrected chi connectivity index (χ4v) is 1.94. The van der Waals surface area contributed by atoms with Crippen molar-refractivity contribution in [1.29, 1.82) is 0 Å². The Balaban J connectivity index is 1.91. The van der Waals surface area contributed by atoms with E-state index in [-0.39, 0.29) is 18.0 Å². The average Bonchev–Trinajstić information content (AvgIpc) is 2.77. The summed E-state index contributed by atoms with van der Waals surface area (Å²) in [5.41, 5.74) is 0.833. The average molecular weight is 235 g/mol. The molecule has 0 spiro atoms. The van der Waals surface area contributed by atoms with Gasteiger partial charge in [0.25, 0.3) is 0 Å². The van der Waals surface area contributed by atoms with E-state index >= 15 is 0 Å². The van der Waals surface area contributed by atoms with Gasteiger partial charge in [0.15, 0.2) is 0 Å². The summed E-state index contributed by atoms with van der Waals surface area (Å²) in [6.45, 7) is 2.38. The summed E-state index contributed by atoms with van der Waals surface area (Å²) in [4.78, 5) is 16.1. The van der Waals surface area contributed by atoms with Crippen LogP contribution in [0.3, 0.4) is 0 Å². The molecule has 2 rings (SSSR count). The first-order valence-corrected chi connectivity index (χ1v) is 5.79. The zero-order valence-corrected chi connectivity index (χ0v) is 9.76. The Labute approximate surface area is 100 Å². The van der Waals surface area contributed by atoms with Gasteiger partial charge in [-0.2, -0.15) is 0 Å². The summed E-state index contributed by atoms with van der Waals surface area (Å²) >= 11 is 0. The Morgan fingerprint density at radius 1 is 1.65 bits per heavy atom. The van der Waals surface area contributed by atoms with Crippen LogP contribution in [0, 0.1) is 0 Å². The molecule has 1 aromatic heterocycles. The molecule has 0 saturated carbocycles. The number of carbonyl (C=O) groups is 1. The highest BCUT2D eigenvalue weighted by Gasteiger charge is 2.28. The number of hydrogen-bond donors (Lipinski definition) is 3. The summed E-state index contributed by atoms with van der Waals surface area (Å²) in [6.07, 6.45) is 1.76. The van der Waals surface area contributed by atoms with Crippen LogP contribution in [0.5, 0.6) is 0 Å². The molecular weight excluding hydrogens is 218 g/mol. The molecule has 1 amide bonds. The third-order valence-electron chi connectivity index (χ3n) is 2.91. The van der Waals surface area contributed by atoms with Crippen molar-refractivity contribution < 1.29 is 9.90 Å². The summed E-state index contributed by atoms with van der Waals surface area (Å²) in [5.74, 6) is -0.0836. The molecule has 0 aliphatic carbocycles. The number of amides is 1. The van der Waals surface area contributed by atoms with E-state index in [2.05, 4.69) is 15.6 Å². The lowest BCUT2D eigenvalue weighted by atomic mass is 10.1. The molecule has 0 radical (unpaired) electrons. The maximum absolute atomic E-state index is 11.9. The van der Waals surface area contributed by atoms with Crippen LogP contribution in [-0.4, -0.2) is 34.7 Å². The number of rotatable bonds is 3. The molecule has 17 heavy (non-hydrogen) atoms. The molecule has 1 aliphatic heterocycles. The normalized spacial score (nSPS) is 25.5. The van der Waals surface area contributed by atoms with Gasteiger partial charge in [0, 0.05) is 12.7 Å². The van der Waals surface area contributed by atoms with Gasteiger partial charge in [-0.25, -0.2) is 0 Å². The van der Waals surface area contributed by atoms with E-state index in [0.29, 0.717) is 13.0 Å². The second-order valence-electron chi connectivity index (χ2n) is 4.34. The zero-order valence-electron chi connectivity index (χ0n) is 9.76. The topological polar surface area (TPSA) is 74.2 Å². The molecule has 2 unspecified atom stereocenters. The minimum atomic E-state index is -0.420. The van der Waals surface area contributed by atoms with Gasteiger partial charge in [0.2, 0.25) is 5.91 Å².